The number of ketones is 1. The Balaban J connectivity index is 1.64. The van der Waals surface area contributed by atoms with Crippen LogP contribution in [0.4, 0.5) is 4.39 Å². The predicted octanol–water partition coefficient (Wildman–Crippen LogP) is 2.44. The molecule has 4 aliphatic carbocycles. The van der Waals surface area contributed by atoms with Crippen LogP contribution in [0.15, 0.2) is 23.8 Å². The summed E-state index contributed by atoms with van der Waals surface area (Å²) in [6, 6.07) is 0. The van der Waals surface area contributed by atoms with Crippen molar-refractivity contribution in [1.29, 1.82) is 0 Å². The quantitative estimate of drug-likeness (QED) is 0.687. The minimum absolute atomic E-state index is 0.144. The maximum atomic E-state index is 15.2. The zero-order valence-electron chi connectivity index (χ0n) is 15.7. The Bertz CT molecular complexity index is 834. The Morgan fingerprint density at radius 3 is 2.67 bits per heavy atom. The van der Waals surface area contributed by atoms with Gasteiger partial charge in [0, 0.05) is 10.8 Å². The molecule has 0 aromatic carbocycles. The molecular formula is C21H25FO5. The zero-order valence-corrected chi connectivity index (χ0v) is 15.7. The Labute approximate surface area is 157 Å². The summed E-state index contributed by atoms with van der Waals surface area (Å²) in [6.07, 6.45) is 4.36. The highest BCUT2D eigenvalue weighted by Crippen LogP contribution is 2.76. The molecule has 5 aliphatic rings. The molecule has 2 unspecified atom stereocenters. The second-order valence-electron chi connectivity index (χ2n) is 9.68. The summed E-state index contributed by atoms with van der Waals surface area (Å²) in [5.74, 6) is -2.14. The number of aliphatic hydroxyl groups is 1. The fourth-order valence-electron chi connectivity index (χ4n) is 7.43. The number of carboxylic acid groups (broad SMARTS) is 1. The number of halogens is 1. The average molecular weight is 376 g/mol. The van der Waals surface area contributed by atoms with Gasteiger partial charge in [-0.15, -0.1) is 0 Å². The topological polar surface area (TPSA) is 87.1 Å². The molecule has 1 aliphatic heterocycles. The average Bonchev–Trinajstić information content (AvgIpc) is 3.27. The van der Waals surface area contributed by atoms with E-state index in [1.54, 1.807) is 13.0 Å². The number of alkyl halides is 1. The van der Waals surface area contributed by atoms with Gasteiger partial charge in [-0.3, -0.25) is 4.79 Å². The standard InChI is InChI=1S/C21H25FO5/c1-10-6-12-13-8-15(22)14-7-11(23)4-5-18(14,2)21(13)16(27-21)9-19(12,3)20(10,26)17(24)25/h4-5,7,10,12-13,15-16,26H,6,8-9H2,1-3H3,(H,24,25)/t10-,12?,13?,15-,16-,18-,19-,20-,21+/m0/s1. The summed E-state index contributed by atoms with van der Waals surface area (Å²) in [5.41, 5.74) is -3.53. The summed E-state index contributed by atoms with van der Waals surface area (Å²) < 4.78 is 21.5. The van der Waals surface area contributed by atoms with E-state index in [4.69, 9.17) is 4.74 Å². The highest BCUT2D eigenvalue weighted by Gasteiger charge is 2.83. The van der Waals surface area contributed by atoms with Crippen molar-refractivity contribution in [2.45, 2.75) is 63.5 Å². The zero-order chi connectivity index (χ0) is 19.6. The lowest BCUT2D eigenvalue weighted by Crippen LogP contribution is -2.63. The highest BCUT2D eigenvalue weighted by molar-refractivity contribution is 6.01. The van der Waals surface area contributed by atoms with E-state index in [0.717, 1.165) is 0 Å². The van der Waals surface area contributed by atoms with E-state index in [9.17, 15) is 19.8 Å². The number of carboxylic acids is 1. The number of fused-ring (bicyclic) bond motifs is 3. The molecule has 0 radical (unpaired) electrons. The molecule has 27 heavy (non-hydrogen) atoms. The van der Waals surface area contributed by atoms with Gasteiger partial charge in [-0.2, -0.15) is 0 Å². The first kappa shape index (κ1) is 17.6. The molecule has 0 bridgehead atoms. The van der Waals surface area contributed by atoms with E-state index in [2.05, 4.69) is 0 Å². The Morgan fingerprint density at radius 2 is 2.00 bits per heavy atom. The smallest absolute Gasteiger partial charge is 0.336 e. The lowest BCUT2D eigenvalue weighted by Gasteiger charge is -2.55. The van der Waals surface area contributed by atoms with Crippen LogP contribution in [0.3, 0.4) is 0 Å². The van der Waals surface area contributed by atoms with Crippen LogP contribution in [0.5, 0.6) is 0 Å². The molecule has 4 fully saturated rings. The first-order valence-electron chi connectivity index (χ1n) is 9.75. The first-order chi connectivity index (χ1) is 12.5. The fraction of sp³-hybridized carbons (Fsp3) is 0.714. The van der Waals surface area contributed by atoms with Crippen LogP contribution in [0.25, 0.3) is 0 Å². The molecular weight excluding hydrogens is 351 g/mol. The molecule has 1 heterocycles. The third-order valence-corrected chi connectivity index (χ3v) is 8.83. The molecule has 6 heteroatoms. The second-order valence-corrected chi connectivity index (χ2v) is 9.68. The number of hydrogen-bond donors (Lipinski definition) is 2. The predicted molar refractivity (Wildman–Crippen MR) is 93.5 cm³/mol. The van der Waals surface area contributed by atoms with Crippen LogP contribution >= 0.6 is 0 Å². The van der Waals surface area contributed by atoms with Crippen molar-refractivity contribution in [3.63, 3.8) is 0 Å². The van der Waals surface area contributed by atoms with Crippen LogP contribution in [0, 0.1) is 28.6 Å². The number of epoxide rings is 1. The van der Waals surface area contributed by atoms with Crippen LogP contribution in [0.2, 0.25) is 0 Å². The number of ether oxygens (including phenoxy) is 1. The Hall–Kier alpha value is -1.53. The van der Waals surface area contributed by atoms with Gasteiger partial charge in [-0.25, -0.2) is 9.18 Å². The number of carbonyl (C=O) groups excluding carboxylic acids is 1. The number of allylic oxidation sites excluding steroid dienone is 2. The van der Waals surface area contributed by atoms with E-state index in [0.29, 0.717) is 18.4 Å². The van der Waals surface area contributed by atoms with Gasteiger partial charge in [0.25, 0.3) is 0 Å². The number of carbonyl (C=O) groups is 2. The molecule has 2 N–H and O–H groups in total. The van der Waals surface area contributed by atoms with Crippen molar-refractivity contribution in [3.05, 3.63) is 23.8 Å². The van der Waals surface area contributed by atoms with E-state index in [-0.39, 0.29) is 30.1 Å². The monoisotopic (exact) mass is 376 g/mol. The van der Waals surface area contributed by atoms with E-state index < -0.39 is 40.1 Å². The molecule has 5 nitrogen and oxygen atoms in total. The van der Waals surface area contributed by atoms with Gasteiger partial charge in [0.05, 0.1) is 6.10 Å². The molecule has 1 spiro atoms. The second kappa shape index (κ2) is 4.71. The van der Waals surface area contributed by atoms with Crippen molar-refractivity contribution in [2.75, 3.05) is 0 Å². The minimum Gasteiger partial charge on any atom is -0.479 e. The third kappa shape index (κ3) is 1.65. The summed E-state index contributed by atoms with van der Waals surface area (Å²) in [4.78, 5) is 23.9. The third-order valence-electron chi connectivity index (χ3n) is 8.83. The normalized spacial score (nSPS) is 57.9. The molecule has 1 saturated heterocycles. The highest BCUT2D eigenvalue weighted by atomic mass is 19.1. The van der Waals surface area contributed by atoms with Gasteiger partial charge in [-0.05, 0) is 61.7 Å². The van der Waals surface area contributed by atoms with Crippen LogP contribution in [-0.2, 0) is 14.3 Å². The van der Waals surface area contributed by atoms with Gasteiger partial charge < -0.3 is 14.9 Å². The maximum absolute atomic E-state index is 15.2. The molecule has 3 saturated carbocycles. The van der Waals surface area contributed by atoms with Gasteiger partial charge in [0.15, 0.2) is 11.4 Å². The SMILES string of the molecule is C[C@H]1CC2C3C[C@H](F)C4=CC(=O)C=C[C@]4(C)[C@@]34O[C@H]4C[C@]2(C)[C@@]1(O)C(=O)O. The molecule has 146 valence electrons. The van der Waals surface area contributed by atoms with Crippen LogP contribution in [-0.4, -0.2) is 45.4 Å². The first-order valence-corrected chi connectivity index (χ1v) is 9.75. The number of hydrogen-bond acceptors (Lipinski definition) is 4. The van der Waals surface area contributed by atoms with E-state index in [1.807, 2.05) is 13.8 Å². The van der Waals surface area contributed by atoms with Gasteiger partial charge in [0.1, 0.15) is 11.8 Å². The van der Waals surface area contributed by atoms with E-state index >= 15 is 4.39 Å². The lowest BCUT2D eigenvalue weighted by molar-refractivity contribution is -0.183. The number of rotatable bonds is 1. The Kier molecular flexibility index (Phi) is 3.07. The van der Waals surface area contributed by atoms with Gasteiger partial charge >= 0.3 is 5.97 Å². The molecule has 0 aromatic heterocycles. The van der Waals surface area contributed by atoms with Gasteiger partial charge in [0.2, 0.25) is 0 Å². The van der Waals surface area contributed by atoms with Crippen molar-refractivity contribution in [2.24, 2.45) is 28.6 Å². The summed E-state index contributed by atoms with van der Waals surface area (Å²) in [7, 11) is 0. The maximum Gasteiger partial charge on any atom is 0.336 e. The lowest BCUT2D eigenvalue weighted by atomic mass is 9.46. The molecule has 0 aromatic rings. The van der Waals surface area contributed by atoms with Crippen molar-refractivity contribution in [3.8, 4) is 0 Å². The summed E-state index contributed by atoms with van der Waals surface area (Å²) >= 11 is 0. The number of aliphatic carboxylic acids is 1. The molecule has 0 amide bonds. The largest absolute Gasteiger partial charge is 0.479 e. The van der Waals surface area contributed by atoms with Gasteiger partial charge in [-0.1, -0.05) is 19.9 Å². The fourth-order valence-corrected chi connectivity index (χ4v) is 7.43. The minimum atomic E-state index is -1.84. The summed E-state index contributed by atoms with van der Waals surface area (Å²) in [6.45, 7) is 5.55. The van der Waals surface area contributed by atoms with Crippen LogP contribution < -0.4 is 0 Å². The van der Waals surface area contributed by atoms with Crippen LogP contribution in [0.1, 0.15) is 40.0 Å². The summed E-state index contributed by atoms with van der Waals surface area (Å²) in [5, 5.41) is 21.0. The molecule has 9 atom stereocenters. The van der Waals surface area contributed by atoms with Crippen molar-refractivity contribution in [1.82, 2.24) is 0 Å². The Morgan fingerprint density at radius 1 is 1.30 bits per heavy atom. The van der Waals surface area contributed by atoms with Crippen molar-refractivity contribution < 1.29 is 28.9 Å². The van der Waals surface area contributed by atoms with E-state index in [1.165, 1.54) is 12.2 Å². The molecule has 5 rings (SSSR count). The van der Waals surface area contributed by atoms with Crippen molar-refractivity contribution >= 4 is 11.8 Å².